The highest BCUT2D eigenvalue weighted by Crippen LogP contribution is 2.29. The van der Waals surface area contributed by atoms with E-state index in [0.717, 1.165) is 19.3 Å². The summed E-state index contributed by atoms with van der Waals surface area (Å²) in [6.07, 6.45) is 3.55. The number of carboxylic acids is 1. The van der Waals surface area contributed by atoms with Gasteiger partial charge in [-0.1, -0.05) is 31.0 Å². The first-order valence-corrected chi connectivity index (χ1v) is 7.34. The van der Waals surface area contributed by atoms with Crippen LogP contribution in [0.1, 0.15) is 25.7 Å². The second-order valence-electron chi connectivity index (χ2n) is 5.40. The molecule has 2 N–H and O–H groups in total. The largest absolute Gasteiger partial charge is 0.484 e. The van der Waals surface area contributed by atoms with Crippen LogP contribution in [0, 0.1) is 11.8 Å². The van der Waals surface area contributed by atoms with Crippen LogP contribution in [-0.2, 0) is 9.59 Å². The van der Waals surface area contributed by atoms with Crippen LogP contribution in [0.25, 0.3) is 0 Å². The summed E-state index contributed by atoms with van der Waals surface area (Å²) in [5.41, 5.74) is 0. The zero-order valence-electron chi connectivity index (χ0n) is 12.0. The van der Waals surface area contributed by atoms with Gasteiger partial charge in [0.15, 0.2) is 6.61 Å². The minimum absolute atomic E-state index is 0.0249. The minimum atomic E-state index is -0.755. The summed E-state index contributed by atoms with van der Waals surface area (Å²) in [7, 11) is 0. The minimum Gasteiger partial charge on any atom is -0.484 e. The van der Waals surface area contributed by atoms with Gasteiger partial charge in [-0.3, -0.25) is 9.59 Å². The quantitative estimate of drug-likeness (QED) is 0.841. The highest BCUT2D eigenvalue weighted by molar-refractivity contribution is 5.77. The Bertz CT molecular complexity index is 474. The molecule has 5 nitrogen and oxygen atoms in total. The molecule has 2 rings (SSSR count). The molecular weight excluding hydrogens is 270 g/mol. The standard InChI is InChI=1S/C16H21NO4/c18-15(11-21-13-7-2-1-3-8-13)17-10-12-6-4-5-9-14(12)16(19)20/h1-3,7-8,12,14H,4-6,9-11H2,(H,17,18)(H,19,20). The Balaban J connectivity index is 1.74. The van der Waals surface area contributed by atoms with Crippen molar-refractivity contribution in [1.29, 1.82) is 0 Å². The van der Waals surface area contributed by atoms with Crippen molar-refractivity contribution in [2.75, 3.05) is 13.2 Å². The van der Waals surface area contributed by atoms with Crippen LogP contribution in [0.5, 0.6) is 5.75 Å². The fourth-order valence-electron chi connectivity index (χ4n) is 2.74. The van der Waals surface area contributed by atoms with Gasteiger partial charge in [-0.15, -0.1) is 0 Å². The molecule has 0 bridgehead atoms. The van der Waals surface area contributed by atoms with Crippen molar-refractivity contribution >= 4 is 11.9 Å². The van der Waals surface area contributed by atoms with Gasteiger partial charge >= 0.3 is 5.97 Å². The average molecular weight is 291 g/mol. The van der Waals surface area contributed by atoms with Gasteiger partial charge in [0, 0.05) is 6.54 Å². The smallest absolute Gasteiger partial charge is 0.306 e. The normalized spacial score (nSPS) is 21.5. The molecule has 0 aromatic heterocycles. The van der Waals surface area contributed by atoms with E-state index in [-0.39, 0.29) is 24.3 Å². The molecule has 1 aromatic carbocycles. The molecule has 0 saturated heterocycles. The molecule has 0 radical (unpaired) electrons. The molecule has 0 spiro atoms. The lowest BCUT2D eigenvalue weighted by atomic mass is 9.79. The molecule has 1 fully saturated rings. The van der Waals surface area contributed by atoms with Gasteiger partial charge in [-0.2, -0.15) is 0 Å². The Morgan fingerprint density at radius 1 is 1.19 bits per heavy atom. The molecule has 0 aliphatic heterocycles. The van der Waals surface area contributed by atoms with E-state index in [2.05, 4.69) is 5.32 Å². The fourth-order valence-corrected chi connectivity index (χ4v) is 2.74. The molecule has 1 saturated carbocycles. The summed E-state index contributed by atoms with van der Waals surface area (Å²) in [6.45, 7) is 0.364. The second-order valence-corrected chi connectivity index (χ2v) is 5.40. The van der Waals surface area contributed by atoms with E-state index >= 15 is 0 Å². The summed E-state index contributed by atoms with van der Waals surface area (Å²) >= 11 is 0. The van der Waals surface area contributed by atoms with E-state index in [1.807, 2.05) is 18.2 Å². The van der Waals surface area contributed by atoms with E-state index < -0.39 is 5.97 Å². The van der Waals surface area contributed by atoms with E-state index in [4.69, 9.17) is 4.74 Å². The lowest BCUT2D eigenvalue weighted by Gasteiger charge is -2.28. The van der Waals surface area contributed by atoms with E-state index in [0.29, 0.717) is 18.7 Å². The summed E-state index contributed by atoms with van der Waals surface area (Å²) < 4.78 is 5.35. The van der Waals surface area contributed by atoms with Gasteiger partial charge in [0.05, 0.1) is 5.92 Å². The average Bonchev–Trinajstić information content (AvgIpc) is 2.52. The third kappa shape index (κ3) is 4.77. The van der Waals surface area contributed by atoms with E-state index in [1.165, 1.54) is 0 Å². The number of amides is 1. The SMILES string of the molecule is O=C(COc1ccccc1)NCC1CCCCC1C(=O)O. The number of benzene rings is 1. The Morgan fingerprint density at radius 3 is 2.62 bits per heavy atom. The highest BCUT2D eigenvalue weighted by Gasteiger charge is 2.30. The molecule has 1 aliphatic rings. The predicted octanol–water partition coefficient (Wildman–Crippen LogP) is 2.07. The predicted molar refractivity (Wildman–Crippen MR) is 78.0 cm³/mol. The number of carbonyl (C=O) groups excluding carboxylic acids is 1. The molecule has 1 aromatic rings. The third-order valence-corrected chi connectivity index (χ3v) is 3.90. The number of hydrogen-bond acceptors (Lipinski definition) is 3. The van der Waals surface area contributed by atoms with Gasteiger partial charge < -0.3 is 15.2 Å². The second kappa shape index (κ2) is 7.67. The Hall–Kier alpha value is -2.04. The van der Waals surface area contributed by atoms with Crippen LogP contribution in [0.4, 0.5) is 0 Å². The number of nitrogens with one attached hydrogen (secondary N) is 1. The number of rotatable bonds is 6. The van der Waals surface area contributed by atoms with Crippen molar-refractivity contribution in [3.8, 4) is 5.75 Å². The third-order valence-electron chi connectivity index (χ3n) is 3.90. The van der Waals surface area contributed by atoms with Crippen molar-refractivity contribution in [2.45, 2.75) is 25.7 Å². The monoisotopic (exact) mass is 291 g/mol. The van der Waals surface area contributed by atoms with E-state index in [9.17, 15) is 14.7 Å². The summed E-state index contributed by atoms with van der Waals surface area (Å²) in [5.74, 6) is -0.636. The number of para-hydroxylation sites is 1. The summed E-state index contributed by atoms with van der Waals surface area (Å²) in [5, 5.41) is 12.0. The lowest BCUT2D eigenvalue weighted by molar-refractivity contribution is -0.145. The van der Waals surface area contributed by atoms with Gasteiger partial charge in [-0.05, 0) is 30.9 Å². The van der Waals surface area contributed by atoms with Crippen LogP contribution < -0.4 is 10.1 Å². The molecule has 21 heavy (non-hydrogen) atoms. The molecule has 5 heteroatoms. The van der Waals surface area contributed by atoms with Gasteiger partial charge in [-0.25, -0.2) is 0 Å². The summed E-state index contributed by atoms with van der Waals surface area (Å²) in [6, 6.07) is 9.13. The first kappa shape index (κ1) is 15.4. The van der Waals surface area contributed by atoms with Crippen molar-refractivity contribution in [3.63, 3.8) is 0 Å². The van der Waals surface area contributed by atoms with Gasteiger partial charge in [0.1, 0.15) is 5.75 Å². The van der Waals surface area contributed by atoms with Crippen molar-refractivity contribution < 1.29 is 19.4 Å². The molecule has 1 amide bonds. The highest BCUT2D eigenvalue weighted by atomic mass is 16.5. The van der Waals surface area contributed by atoms with Crippen LogP contribution in [-0.4, -0.2) is 30.1 Å². The topological polar surface area (TPSA) is 75.6 Å². The molecule has 0 heterocycles. The number of aliphatic carboxylic acids is 1. The number of carbonyl (C=O) groups is 2. The molecule has 2 unspecified atom stereocenters. The molecule has 114 valence electrons. The Kier molecular flexibility index (Phi) is 5.60. The first-order chi connectivity index (χ1) is 10.2. The Labute approximate surface area is 124 Å². The van der Waals surface area contributed by atoms with Crippen molar-refractivity contribution in [3.05, 3.63) is 30.3 Å². The zero-order valence-corrected chi connectivity index (χ0v) is 12.0. The number of carboxylic acid groups (broad SMARTS) is 1. The fraction of sp³-hybridized carbons (Fsp3) is 0.500. The first-order valence-electron chi connectivity index (χ1n) is 7.34. The number of ether oxygens (including phenoxy) is 1. The van der Waals surface area contributed by atoms with Crippen LogP contribution >= 0.6 is 0 Å². The number of hydrogen-bond donors (Lipinski definition) is 2. The van der Waals surface area contributed by atoms with Crippen molar-refractivity contribution in [1.82, 2.24) is 5.32 Å². The van der Waals surface area contributed by atoms with Crippen LogP contribution in [0.2, 0.25) is 0 Å². The summed E-state index contributed by atoms with van der Waals surface area (Å²) in [4.78, 5) is 22.9. The lowest BCUT2D eigenvalue weighted by Crippen LogP contribution is -2.38. The van der Waals surface area contributed by atoms with Gasteiger partial charge in [0.25, 0.3) is 5.91 Å². The van der Waals surface area contributed by atoms with Crippen molar-refractivity contribution in [2.24, 2.45) is 11.8 Å². The maximum absolute atomic E-state index is 11.8. The van der Waals surface area contributed by atoms with Gasteiger partial charge in [0.2, 0.25) is 0 Å². The van der Waals surface area contributed by atoms with E-state index in [1.54, 1.807) is 12.1 Å². The molecule has 1 aliphatic carbocycles. The zero-order chi connectivity index (χ0) is 15.1. The van der Waals surface area contributed by atoms with Crippen LogP contribution in [0.15, 0.2) is 30.3 Å². The molecule has 2 atom stereocenters. The molecular formula is C16H21NO4. The van der Waals surface area contributed by atoms with Crippen LogP contribution in [0.3, 0.4) is 0 Å². The maximum atomic E-state index is 11.8. The Morgan fingerprint density at radius 2 is 1.90 bits per heavy atom. The maximum Gasteiger partial charge on any atom is 0.306 e.